The molecule has 0 aliphatic carbocycles. The van der Waals surface area contributed by atoms with Crippen LogP contribution in [0, 0.1) is 11.3 Å². The van der Waals surface area contributed by atoms with E-state index in [2.05, 4.69) is 15.9 Å². The Bertz CT molecular complexity index is 674. The van der Waals surface area contributed by atoms with Crippen LogP contribution in [-0.2, 0) is 11.4 Å². The third kappa shape index (κ3) is 5.95. The molecule has 22 heavy (non-hydrogen) atoms. The second-order valence-corrected chi connectivity index (χ2v) is 5.02. The smallest absolute Gasteiger partial charge is 0.300 e. The summed E-state index contributed by atoms with van der Waals surface area (Å²) in [7, 11) is 0. The predicted molar refractivity (Wildman–Crippen MR) is 84.6 cm³/mol. The Morgan fingerprint density at radius 1 is 1.23 bits per heavy atom. The number of hydrogen-bond acceptors (Lipinski definition) is 4. The predicted octanol–water partition coefficient (Wildman–Crippen LogP) is 3.70. The molecule has 0 aliphatic rings. The molecule has 0 aromatic heterocycles. The fourth-order valence-electron chi connectivity index (χ4n) is 1.47. The van der Waals surface area contributed by atoms with Gasteiger partial charge in [0, 0.05) is 11.4 Å². The number of aliphatic hydroxyl groups is 1. The molecule has 0 heterocycles. The average molecular weight is 364 g/mol. The maximum atomic E-state index is 9.16. The fraction of sp³-hybridized carbons (Fsp3) is 0.125. The molecule has 0 unspecified atom stereocenters. The van der Waals surface area contributed by atoms with Crippen molar-refractivity contribution in [3.63, 3.8) is 0 Å². The highest BCUT2D eigenvalue weighted by Crippen LogP contribution is 2.26. The van der Waals surface area contributed by atoms with E-state index in [-0.39, 0.29) is 6.61 Å². The summed E-state index contributed by atoms with van der Waals surface area (Å²) >= 11 is 3.34. The first-order chi connectivity index (χ1) is 10.5. The van der Waals surface area contributed by atoms with Gasteiger partial charge in [-0.05, 0) is 48.0 Å². The van der Waals surface area contributed by atoms with E-state index in [0.29, 0.717) is 17.1 Å². The minimum Gasteiger partial charge on any atom is -0.481 e. The Morgan fingerprint density at radius 2 is 1.77 bits per heavy atom. The largest absolute Gasteiger partial charge is 0.481 e. The van der Waals surface area contributed by atoms with E-state index in [1.54, 1.807) is 36.4 Å². The molecule has 0 amide bonds. The van der Waals surface area contributed by atoms with Gasteiger partial charge in [0.1, 0.15) is 11.5 Å². The SMILES string of the molecule is CC(=O)O.N#Cc1ccc(Oc2ccc(Br)c(CO)c2)cc1. The molecular formula is C16H14BrNO4. The molecular weight excluding hydrogens is 350 g/mol. The third-order valence-corrected chi connectivity index (χ3v) is 3.18. The normalized spacial score (nSPS) is 9.18. The summed E-state index contributed by atoms with van der Waals surface area (Å²) in [5, 5.41) is 25.3. The number of aliphatic carboxylic acids is 1. The number of carboxylic acid groups (broad SMARTS) is 1. The first-order valence-electron chi connectivity index (χ1n) is 6.23. The van der Waals surface area contributed by atoms with Gasteiger partial charge in [0.25, 0.3) is 5.97 Å². The van der Waals surface area contributed by atoms with Crippen molar-refractivity contribution in [2.24, 2.45) is 0 Å². The number of benzene rings is 2. The van der Waals surface area contributed by atoms with E-state index >= 15 is 0 Å². The molecule has 5 nitrogen and oxygen atoms in total. The fourth-order valence-corrected chi connectivity index (χ4v) is 1.84. The van der Waals surface area contributed by atoms with E-state index in [4.69, 9.17) is 25.0 Å². The number of rotatable bonds is 3. The van der Waals surface area contributed by atoms with Gasteiger partial charge in [0.15, 0.2) is 0 Å². The van der Waals surface area contributed by atoms with Crippen molar-refractivity contribution in [2.75, 3.05) is 0 Å². The summed E-state index contributed by atoms with van der Waals surface area (Å²) in [5.41, 5.74) is 1.36. The van der Waals surface area contributed by atoms with E-state index in [9.17, 15) is 0 Å². The Labute approximate surface area is 136 Å². The lowest BCUT2D eigenvalue weighted by Crippen LogP contribution is -1.89. The standard InChI is InChI=1S/C14H10BrNO2.C2H4O2/c15-14-6-5-13(7-11(14)9-17)18-12-3-1-10(8-16)2-4-12;1-2(3)4/h1-7,17H,9H2;1H3,(H,3,4). The third-order valence-electron chi connectivity index (χ3n) is 2.41. The molecule has 0 fully saturated rings. The van der Waals surface area contributed by atoms with Crippen molar-refractivity contribution in [1.29, 1.82) is 5.26 Å². The topological polar surface area (TPSA) is 90.5 Å². The van der Waals surface area contributed by atoms with Crippen LogP contribution in [0.15, 0.2) is 46.9 Å². The van der Waals surface area contributed by atoms with E-state index in [1.165, 1.54) is 0 Å². The van der Waals surface area contributed by atoms with E-state index < -0.39 is 5.97 Å². The highest BCUT2D eigenvalue weighted by atomic mass is 79.9. The molecule has 6 heteroatoms. The Morgan fingerprint density at radius 3 is 2.27 bits per heavy atom. The molecule has 0 radical (unpaired) electrons. The van der Waals surface area contributed by atoms with Crippen molar-refractivity contribution >= 4 is 21.9 Å². The van der Waals surface area contributed by atoms with Crippen LogP contribution in [-0.4, -0.2) is 16.2 Å². The van der Waals surface area contributed by atoms with Gasteiger partial charge in [0.2, 0.25) is 0 Å². The summed E-state index contributed by atoms with van der Waals surface area (Å²) in [6.07, 6.45) is 0. The van der Waals surface area contributed by atoms with E-state index in [0.717, 1.165) is 17.0 Å². The Kier molecular flexibility index (Phi) is 7.09. The quantitative estimate of drug-likeness (QED) is 0.867. The highest BCUT2D eigenvalue weighted by Gasteiger charge is 2.03. The first kappa shape index (κ1) is 17.7. The van der Waals surface area contributed by atoms with Gasteiger partial charge in [-0.1, -0.05) is 15.9 Å². The van der Waals surface area contributed by atoms with Crippen molar-refractivity contribution < 1.29 is 19.7 Å². The number of halogens is 1. The number of aliphatic hydroxyl groups excluding tert-OH is 1. The van der Waals surface area contributed by atoms with Crippen LogP contribution in [0.25, 0.3) is 0 Å². The second kappa shape index (κ2) is 8.82. The van der Waals surface area contributed by atoms with Crippen molar-refractivity contribution in [1.82, 2.24) is 0 Å². The summed E-state index contributed by atoms with van der Waals surface area (Å²) < 4.78 is 6.48. The van der Waals surface area contributed by atoms with Gasteiger partial charge in [0.05, 0.1) is 18.2 Å². The van der Waals surface area contributed by atoms with Crippen LogP contribution < -0.4 is 4.74 Å². The highest BCUT2D eigenvalue weighted by molar-refractivity contribution is 9.10. The molecule has 2 aromatic rings. The van der Waals surface area contributed by atoms with Crippen molar-refractivity contribution in [3.8, 4) is 17.6 Å². The lowest BCUT2D eigenvalue weighted by Gasteiger charge is -2.08. The molecule has 0 bridgehead atoms. The maximum Gasteiger partial charge on any atom is 0.300 e. The van der Waals surface area contributed by atoms with Gasteiger partial charge < -0.3 is 14.9 Å². The summed E-state index contributed by atoms with van der Waals surface area (Å²) in [5.74, 6) is 0.465. The van der Waals surface area contributed by atoms with Crippen LogP contribution >= 0.6 is 15.9 Å². The van der Waals surface area contributed by atoms with Gasteiger partial charge in [-0.3, -0.25) is 4.79 Å². The number of nitriles is 1. The van der Waals surface area contributed by atoms with Crippen LogP contribution in [0.4, 0.5) is 0 Å². The van der Waals surface area contributed by atoms with Crippen LogP contribution in [0.3, 0.4) is 0 Å². The van der Waals surface area contributed by atoms with Gasteiger partial charge in [-0.25, -0.2) is 0 Å². The Hall–Kier alpha value is -2.36. The lowest BCUT2D eigenvalue weighted by atomic mass is 10.2. The summed E-state index contributed by atoms with van der Waals surface area (Å²) in [6.45, 7) is 1.03. The minimum absolute atomic E-state index is 0.0504. The number of nitrogens with zero attached hydrogens (tertiary/aromatic N) is 1. The van der Waals surface area contributed by atoms with Crippen LogP contribution in [0.1, 0.15) is 18.1 Å². The monoisotopic (exact) mass is 363 g/mol. The second-order valence-electron chi connectivity index (χ2n) is 4.17. The molecule has 0 atom stereocenters. The van der Waals surface area contributed by atoms with Crippen molar-refractivity contribution in [2.45, 2.75) is 13.5 Å². The van der Waals surface area contributed by atoms with Gasteiger partial charge >= 0.3 is 0 Å². The van der Waals surface area contributed by atoms with Crippen LogP contribution in [0.5, 0.6) is 11.5 Å². The molecule has 114 valence electrons. The molecule has 0 saturated heterocycles. The molecule has 2 N–H and O–H groups in total. The van der Waals surface area contributed by atoms with E-state index in [1.807, 2.05) is 12.1 Å². The number of carboxylic acids is 1. The number of carbonyl (C=O) groups is 1. The van der Waals surface area contributed by atoms with Crippen LogP contribution in [0.2, 0.25) is 0 Å². The lowest BCUT2D eigenvalue weighted by molar-refractivity contribution is -0.134. The molecule has 2 aromatic carbocycles. The number of hydrogen-bond donors (Lipinski definition) is 2. The zero-order valence-electron chi connectivity index (χ0n) is 11.8. The molecule has 0 saturated carbocycles. The summed E-state index contributed by atoms with van der Waals surface area (Å²) in [6, 6.07) is 14.3. The zero-order chi connectivity index (χ0) is 16.5. The maximum absolute atomic E-state index is 9.16. The Balaban J connectivity index is 0.000000541. The first-order valence-corrected chi connectivity index (χ1v) is 7.02. The summed E-state index contributed by atoms with van der Waals surface area (Å²) in [4.78, 5) is 9.00. The molecule has 2 rings (SSSR count). The molecule has 0 spiro atoms. The van der Waals surface area contributed by atoms with Gasteiger partial charge in [-0.15, -0.1) is 0 Å². The molecule has 0 aliphatic heterocycles. The number of ether oxygens (including phenoxy) is 1. The zero-order valence-corrected chi connectivity index (χ0v) is 13.4. The van der Waals surface area contributed by atoms with Gasteiger partial charge in [-0.2, -0.15) is 5.26 Å². The average Bonchev–Trinajstić information content (AvgIpc) is 2.49. The minimum atomic E-state index is -0.833. The van der Waals surface area contributed by atoms with Crippen molar-refractivity contribution in [3.05, 3.63) is 58.1 Å².